The highest BCUT2D eigenvalue weighted by Gasteiger charge is 2.36. The molecule has 6 heteroatoms. The molecular weight excluding hydrogens is 294 g/mol. The molecule has 0 atom stereocenters. The van der Waals surface area contributed by atoms with Gasteiger partial charge in [0.05, 0.1) is 18.4 Å². The highest BCUT2D eigenvalue weighted by molar-refractivity contribution is 6.30. The van der Waals surface area contributed by atoms with Crippen LogP contribution in [0.1, 0.15) is 24.8 Å². The van der Waals surface area contributed by atoms with E-state index in [2.05, 4.69) is 5.32 Å². The van der Waals surface area contributed by atoms with E-state index in [0.717, 1.165) is 5.56 Å². The Labute approximate surface area is 128 Å². The largest absolute Gasteiger partial charge is 0.481 e. The number of carboxylic acid groups (broad SMARTS) is 1. The number of amides is 1. The molecule has 5 nitrogen and oxygen atoms in total. The van der Waals surface area contributed by atoms with Gasteiger partial charge in [0, 0.05) is 18.2 Å². The van der Waals surface area contributed by atoms with E-state index >= 15 is 0 Å². The third-order valence-corrected chi connectivity index (χ3v) is 3.83. The van der Waals surface area contributed by atoms with Crippen molar-refractivity contribution < 1.29 is 19.4 Å². The van der Waals surface area contributed by atoms with Crippen molar-refractivity contribution in [3.63, 3.8) is 0 Å². The summed E-state index contributed by atoms with van der Waals surface area (Å²) in [4.78, 5) is 23.2. The van der Waals surface area contributed by atoms with Crippen molar-refractivity contribution in [2.75, 3.05) is 13.2 Å². The van der Waals surface area contributed by atoms with Gasteiger partial charge in [0.25, 0.3) is 0 Å². The summed E-state index contributed by atoms with van der Waals surface area (Å²) in [7, 11) is 0. The van der Waals surface area contributed by atoms with Gasteiger partial charge in [-0.3, -0.25) is 9.59 Å². The first-order chi connectivity index (χ1) is 9.99. The lowest BCUT2D eigenvalue weighted by molar-refractivity contribution is -0.140. The number of hydrogen-bond acceptors (Lipinski definition) is 3. The normalized spacial score (nSPS) is 17.2. The zero-order valence-electron chi connectivity index (χ0n) is 11.6. The van der Waals surface area contributed by atoms with Crippen LogP contribution in [-0.4, -0.2) is 35.7 Å². The molecule has 1 heterocycles. The number of benzene rings is 1. The molecule has 2 rings (SSSR count). The van der Waals surface area contributed by atoms with Gasteiger partial charge in [-0.25, -0.2) is 0 Å². The van der Waals surface area contributed by atoms with E-state index in [4.69, 9.17) is 21.4 Å². The van der Waals surface area contributed by atoms with E-state index in [9.17, 15) is 9.59 Å². The molecule has 1 saturated heterocycles. The van der Waals surface area contributed by atoms with Crippen LogP contribution < -0.4 is 5.32 Å². The number of nitrogens with one attached hydrogen (secondary N) is 1. The molecule has 114 valence electrons. The van der Waals surface area contributed by atoms with E-state index in [-0.39, 0.29) is 18.7 Å². The standard InChI is InChI=1S/C15H18ClNO4/c16-12-3-1-2-11(8-12)9-13(18)17-15(10-14(19)20)4-6-21-7-5-15/h1-3,8H,4-7,9-10H2,(H,17,18)(H,19,20). The van der Waals surface area contributed by atoms with E-state index in [1.54, 1.807) is 18.2 Å². The minimum absolute atomic E-state index is 0.0857. The molecule has 0 spiro atoms. The maximum Gasteiger partial charge on any atom is 0.305 e. The van der Waals surface area contributed by atoms with Gasteiger partial charge in [-0.2, -0.15) is 0 Å². The zero-order valence-corrected chi connectivity index (χ0v) is 12.4. The average Bonchev–Trinajstić information content (AvgIpc) is 2.38. The van der Waals surface area contributed by atoms with Gasteiger partial charge >= 0.3 is 5.97 Å². The molecule has 1 aromatic rings. The average molecular weight is 312 g/mol. The molecule has 1 fully saturated rings. The van der Waals surface area contributed by atoms with Crippen LogP contribution in [0, 0.1) is 0 Å². The molecular formula is C15H18ClNO4. The highest BCUT2D eigenvalue weighted by atomic mass is 35.5. The maximum absolute atomic E-state index is 12.2. The Kier molecular flexibility index (Phi) is 5.20. The van der Waals surface area contributed by atoms with Crippen LogP contribution in [0.3, 0.4) is 0 Å². The Morgan fingerprint density at radius 3 is 2.67 bits per heavy atom. The summed E-state index contributed by atoms with van der Waals surface area (Å²) >= 11 is 5.89. The zero-order chi connectivity index (χ0) is 15.3. The number of carboxylic acids is 1. The monoisotopic (exact) mass is 311 g/mol. The summed E-state index contributed by atoms with van der Waals surface area (Å²) < 4.78 is 5.26. The van der Waals surface area contributed by atoms with Crippen LogP contribution in [-0.2, 0) is 20.7 Å². The highest BCUT2D eigenvalue weighted by Crippen LogP contribution is 2.25. The molecule has 0 radical (unpaired) electrons. The van der Waals surface area contributed by atoms with Crippen molar-refractivity contribution >= 4 is 23.5 Å². The molecule has 0 bridgehead atoms. The maximum atomic E-state index is 12.2. The Morgan fingerprint density at radius 2 is 2.05 bits per heavy atom. The lowest BCUT2D eigenvalue weighted by Gasteiger charge is -2.36. The van der Waals surface area contributed by atoms with Crippen molar-refractivity contribution in [2.45, 2.75) is 31.2 Å². The van der Waals surface area contributed by atoms with Crippen LogP contribution in [0.5, 0.6) is 0 Å². The fraction of sp³-hybridized carbons (Fsp3) is 0.467. The van der Waals surface area contributed by atoms with E-state index in [0.29, 0.717) is 31.1 Å². The van der Waals surface area contributed by atoms with Gasteiger partial charge in [-0.05, 0) is 30.5 Å². The Hall–Kier alpha value is -1.59. The molecule has 0 saturated carbocycles. The molecule has 2 N–H and O–H groups in total. The lowest BCUT2D eigenvalue weighted by atomic mass is 9.86. The molecule has 0 aliphatic carbocycles. The Balaban J connectivity index is 2.02. The topological polar surface area (TPSA) is 75.6 Å². The van der Waals surface area contributed by atoms with Crippen molar-refractivity contribution in [3.8, 4) is 0 Å². The molecule has 1 aliphatic heterocycles. The smallest absolute Gasteiger partial charge is 0.305 e. The first kappa shape index (κ1) is 15.8. The third-order valence-electron chi connectivity index (χ3n) is 3.60. The first-order valence-corrected chi connectivity index (χ1v) is 7.22. The summed E-state index contributed by atoms with van der Waals surface area (Å²) in [5.41, 5.74) is 0.0947. The number of aliphatic carboxylic acids is 1. The van der Waals surface area contributed by atoms with Crippen LogP contribution in [0.4, 0.5) is 0 Å². The summed E-state index contributed by atoms with van der Waals surface area (Å²) in [6.07, 6.45) is 1.13. The SMILES string of the molecule is O=C(O)CC1(NC(=O)Cc2cccc(Cl)c2)CCOCC1. The summed E-state index contributed by atoms with van der Waals surface area (Å²) in [5.74, 6) is -1.11. The second kappa shape index (κ2) is 6.91. The molecule has 1 aromatic carbocycles. The van der Waals surface area contributed by atoms with Crippen LogP contribution in [0.25, 0.3) is 0 Å². The van der Waals surface area contributed by atoms with Gasteiger partial charge in [-0.1, -0.05) is 23.7 Å². The van der Waals surface area contributed by atoms with Crippen LogP contribution in [0.15, 0.2) is 24.3 Å². The van der Waals surface area contributed by atoms with Crippen molar-refractivity contribution in [1.82, 2.24) is 5.32 Å². The Bertz CT molecular complexity index is 526. The predicted octanol–water partition coefficient (Wildman–Crippen LogP) is 2.02. The molecule has 0 aromatic heterocycles. The number of rotatable bonds is 5. The number of hydrogen-bond donors (Lipinski definition) is 2. The quantitative estimate of drug-likeness (QED) is 0.872. The second-order valence-corrected chi connectivity index (χ2v) is 5.75. The van der Waals surface area contributed by atoms with Gasteiger partial charge < -0.3 is 15.2 Å². The summed E-state index contributed by atoms with van der Waals surface area (Å²) in [5, 5.41) is 12.5. The van der Waals surface area contributed by atoms with Gasteiger partial charge in [-0.15, -0.1) is 0 Å². The fourth-order valence-corrected chi connectivity index (χ4v) is 2.78. The number of carbonyl (C=O) groups excluding carboxylic acids is 1. The lowest BCUT2D eigenvalue weighted by Crippen LogP contribution is -2.53. The van der Waals surface area contributed by atoms with E-state index in [1.165, 1.54) is 0 Å². The van der Waals surface area contributed by atoms with Crippen LogP contribution >= 0.6 is 11.6 Å². The van der Waals surface area contributed by atoms with E-state index in [1.807, 2.05) is 6.07 Å². The molecule has 1 aliphatic rings. The van der Waals surface area contributed by atoms with Crippen molar-refractivity contribution in [1.29, 1.82) is 0 Å². The van der Waals surface area contributed by atoms with Crippen LogP contribution in [0.2, 0.25) is 5.02 Å². The predicted molar refractivity (Wildman–Crippen MR) is 78.3 cm³/mol. The minimum Gasteiger partial charge on any atom is -0.481 e. The Morgan fingerprint density at radius 1 is 1.33 bits per heavy atom. The second-order valence-electron chi connectivity index (χ2n) is 5.32. The minimum atomic E-state index is -0.917. The fourth-order valence-electron chi connectivity index (χ4n) is 2.57. The summed E-state index contributed by atoms with van der Waals surface area (Å²) in [6.45, 7) is 0.926. The van der Waals surface area contributed by atoms with Gasteiger partial charge in [0.2, 0.25) is 5.91 Å². The van der Waals surface area contributed by atoms with E-state index < -0.39 is 11.5 Å². The molecule has 21 heavy (non-hydrogen) atoms. The van der Waals surface area contributed by atoms with Crippen molar-refractivity contribution in [2.24, 2.45) is 0 Å². The number of carbonyl (C=O) groups is 2. The van der Waals surface area contributed by atoms with Crippen molar-refractivity contribution in [3.05, 3.63) is 34.9 Å². The summed E-state index contributed by atoms with van der Waals surface area (Å²) in [6, 6.07) is 7.08. The number of ether oxygens (including phenoxy) is 1. The molecule has 0 unspecified atom stereocenters. The van der Waals surface area contributed by atoms with Gasteiger partial charge in [0.15, 0.2) is 0 Å². The molecule has 1 amide bonds. The van der Waals surface area contributed by atoms with Gasteiger partial charge in [0.1, 0.15) is 0 Å². The number of halogens is 1. The third kappa shape index (κ3) is 4.72. The first-order valence-electron chi connectivity index (χ1n) is 6.84.